The molecule has 0 bridgehead atoms. The Hall–Kier alpha value is -0.0800. The topological polar surface area (TPSA) is 21.3 Å². The molecule has 2 fully saturated rings. The van der Waals surface area contributed by atoms with Crippen LogP contribution in [0, 0.1) is 0 Å². The van der Waals surface area contributed by atoms with Gasteiger partial charge in [0.1, 0.15) is 0 Å². The van der Waals surface area contributed by atoms with E-state index in [0.717, 1.165) is 6.54 Å². The highest BCUT2D eigenvalue weighted by molar-refractivity contribution is 4.93. The fraction of sp³-hybridized carbons (Fsp3) is 1.00. The van der Waals surface area contributed by atoms with Gasteiger partial charge >= 0.3 is 0 Å². The molecule has 2 rings (SSSR count). The van der Waals surface area contributed by atoms with E-state index in [1.54, 1.807) is 0 Å². The number of ether oxygens (including phenoxy) is 1. The third-order valence-electron chi connectivity index (χ3n) is 3.71. The van der Waals surface area contributed by atoms with Crippen LogP contribution in [0.25, 0.3) is 0 Å². The Bertz CT molecular complexity index is 213. The van der Waals surface area contributed by atoms with Crippen molar-refractivity contribution in [2.45, 2.75) is 76.5 Å². The largest absolute Gasteiger partial charge is 0.370 e. The van der Waals surface area contributed by atoms with Crippen LogP contribution in [-0.2, 0) is 4.74 Å². The molecule has 88 valence electrons. The summed E-state index contributed by atoms with van der Waals surface area (Å²) in [5.41, 5.74) is 0.513. The van der Waals surface area contributed by atoms with Crippen LogP contribution in [0.3, 0.4) is 0 Å². The molecule has 1 saturated carbocycles. The lowest BCUT2D eigenvalue weighted by Crippen LogP contribution is -2.41. The van der Waals surface area contributed by atoms with E-state index in [1.807, 2.05) is 0 Å². The SMILES string of the molecule is CC(C)(C)NCC1CCC2(CCCC2)O1. The smallest absolute Gasteiger partial charge is 0.0708 e. The van der Waals surface area contributed by atoms with E-state index < -0.39 is 0 Å². The molecular formula is C13H25NO. The maximum absolute atomic E-state index is 6.24. The van der Waals surface area contributed by atoms with Crippen LogP contribution in [0.1, 0.15) is 59.3 Å². The fourth-order valence-electron chi connectivity index (χ4n) is 2.85. The Balaban J connectivity index is 1.78. The predicted molar refractivity (Wildman–Crippen MR) is 63.1 cm³/mol. The number of hydrogen-bond acceptors (Lipinski definition) is 2. The third kappa shape index (κ3) is 2.94. The van der Waals surface area contributed by atoms with E-state index in [0.29, 0.717) is 11.7 Å². The van der Waals surface area contributed by atoms with Crippen molar-refractivity contribution in [2.24, 2.45) is 0 Å². The molecule has 1 aliphatic carbocycles. The molecule has 0 aromatic heterocycles. The Morgan fingerprint density at radius 3 is 2.47 bits per heavy atom. The van der Waals surface area contributed by atoms with E-state index in [9.17, 15) is 0 Å². The zero-order valence-electron chi connectivity index (χ0n) is 10.4. The highest BCUT2D eigenvalue weighted by Crippen LogP contribution is 2.43. The lowest BCUT2D eigenvalue weighted by molar-refractivity contribution is -0.0367. The summed E-state index contributed by atoms with van der Waals surface area (Å²) >= 11 is 0. The molecule has 0 amide bonds. The van der Waals surface area contributed by atoms with Crippen LogP contribution in [0.4, 0.5) is 0 Å². The fourth-order valence-corrected chi connectivity index (χ4v) is 2.85. The molecule has 1 heterocycles. The molecular weight excluding hydrogens is 186 g/mol. The third-order valence-corrected chi connectivity index (χ3v) is 3.71. The van der Waals surface area contributed by atoms with E-state index in [4.69, 9.17) is 4.74 Å². The summed E-state index contributed by atoms with van der Waals surface area (Å²) in [7, 11) is 0. The minimum atomic E-state index is 0.217. The summed E-state index contributed by atoms with van der Waals surface area (Å²) in [5.74, 6) is 0. The Morgan fingerprint density at radius 2 is 1.87 bits per heavy atom. The first-order valence-electron chi connectivity index (χ1n) is 6.42. The maximum Gasteiger partial charge on any atom is 0.0708 e. The molecule has 1 atom stereocenters. The summed E-state index contributed by atoms with van der Waals surface area (Å²) in [6.45, 7) is 7.67. The van der Waals surface area contributed by atoms with Crippen LogP contribution in [-0.4, -0.2) is 23.8 Å². The van der Waals surface area contributed by atoms with E-state index in [2.05, 4.69) is 26.1 Å². The summed E-state index contributed by atoms with van der Waals surface area (Å²) < 4.78 is 6.24. The first-order chi connectivity index (χ1) is 6.99. The van der Waals surface area contributed by atoms with Crippen LogP contribution in [0.15, 0.2) is 0 Å². The molecule has 1 saturated heterocycles. The van der Waals surface area contributed by atoms with Gasteiger partial charge in [-0.3, -0.25) is 0 Å². The van der Waals surface area contributed by atoms with Gasteiger partial charge in [0.25, 0.3) is 0 Å². The van der Waals surface area contributed by atoms with Crippen LogP contribution >= 0.6 is 0 Å². The van der Waals surface area contributed by atoms with Crippen LogP contribution in [0.5, 0.6) is 0 Å². The molecule has 0 aromatic rings. The van der Waals surface area contributed by atoms with Gasteiger partial charge in [0, 0.05) is 12.1 Å². The highest BCUT2D eigenvalue weighted by Gasteiger charge is 2.42. The van der Waals surface area contributed by atoms with Gasteiger partial charge < -0.3 is 10.1 Å². The molecule has 1 N–H and O–H groups in total. The summed E-state index contributed by atoms with van der Waals surface area (Å²) in [6.07, 6.45) is 8.37. The molecule has 1 unspecified atom stereocenters. The molecule has 2 aliphatic rings. The Labute approximate surface area is 93.8 Å². The number of nitrogens with one attached hydrogen (secondary N) is 1. The van der Waals surface area contributed by atoms with E-state index in [-0.39, 0.29) is 5.54 Å². The van der Waals surface area contributed by atoms with Gasteiger partial charge in [-0.25, -0.2) is 0 Å². The minimum absolute atomic E-state index is 0.217. The molecule has 15 heavy (non-hydrogen) atoms. The van der Waals surface area contributed by atoms with Gasteiger partial charge in [-0.2, -0.15) is 0 Å². The average molecular weight is 211 g/mol. The first-order valence-corrected chi connectivity index (χ1v) is 6.42. The first kappa shape index (κ1) is 11.4. The highest BCUT2D eigenvalue weighted by atomic mass is 16.5. The predicted octanol–water partition coefficient (Wildman–Crippen LogP) is 2.87. The second kappa shape index (κ2) is 4.06. The molecule has 0 radical (unpaired) electrons. The standard InChI is InChI=1S/C13H25NO/c1-12(2,3)14-10-11-6-9-13(15-11)7-4-5-8-13/h11,14H,4-10H2,1-3H3. The van der Waals surface area contributed by atoms with Crippen molar-refractivity contribution in [1.82, 2.24) is 5.32 Å². The van der Waals surface area contributed by atoms with Crippen molar-refractivity contribution in [2.75, 3.05) is 6.54 Å². The number of rotatable bonds is 2. The van der Waals surface area contributed by atoms with Crippen molar-refractivity contribution in [3.63, 3.8) is 0 Å². The molecule has 2 heteroatoms. The van der Waals surface area contributed by atoms with Crippen LogP contribution in [0.2, 0.25) is 0 Å². The Kier molecular flexibility index (Phi) is 3.09. The molecule has 1 spiro atoms. The second-order valence-electron chi connectivity index (χ2n) is 6.30. The molecule has 2 nitrogen and oxygen atoms in total. The average Bonchev–Trinajstić information content (AvgIpc) is 2.73. The van der Waals surface area contributed by atoms with Crippen molar-refractivity contribution in [1.29, 1.82) is 0 Å². The maximum atomic E-state index is 6.24. The summed E-state index contributed by atoms with van der Waals surface area (Å²) in [5, 5.41) is 3.55. The quantitative estimate of drug-likeness (QED) is 0.758. The van der Waals surface area contributed by atoms with Gasteiger partial charge in [0.2, 0.25) is 0 Å². The molecule has 1 aliphatic heterocycles. The lowest BCUT2D eigenvalue weighted by atomic mass is 9.98. The van der Waals surface area contributed by atoms with Gasteiger partial charge in [0.05, 0.1) is 11.7 Å². The molecule has 0 aromatic carbocycles. The van der Waals surface area contributed by atoms with Gasteiger partial charge in [-0.05, 0) is 46.5 Å². The van der Waals surface area contributed by atoms with Gasteiger partial charge in [-0.1, -0.05) is 12.8 Å². The zero-order chi connectivity index (χ0) is 10.9. The normalized spacial score (nSPS) is 30.2. The minimum Gasteiger partial charge on any atom is -0.370 e. The number of hydrogen-bond donors (Lipinski definition) is 1. The van der Waals surface area contributed by atoms with Crippen molar-refractivity contribution in [3.8, 4) is 0 Å². The monoisotopic (exact) mass is 211 g/mol. The second-order valence-corrected chi connectivity index (χ2v) is 6.30. The Morgan fingerprint density at radius 1 is 1.20 bits per heavy atom. The summed E-state index contributed by atoms with van der Waals surface area (Å²) in [4.78, 5) is 0. The summed E-state index contributed by atoms with van der Waals surface area (Å²) in [6, 6.07) is 0. The van der Waals surface area contributed by atoms with E-state index in [1.165, 1.54) is 38.5 Å². The zero-order valence-corrected chi connectivity index (χ0v) is 10.4. The lowest BCUT2D eigenvalue weighted by Gasteiger charge is -2.26. The van der Waals surface area contributed by atoms with Gasteiger partial charge in [-0.15, -0.1) is 0 Å². The van der Waals surface area contributed by atoms with Crippen molar-refractivity contribution >= 4 is 0 Å². The van der Waals surface area contributed by atoms with E-state index >= 15 is 0 Å². The van der Waals surface area contributed by atoms with Crippen LogP contribution < -0.4 is 5.32 Å². The van der Waals surface area contributed by atoms with Crippen molar-refractivity contribution < 1.29 is 4.74 Å². The van der Waals surface area contributed by atoms with Gasteiger partial charge in [0.15, 0.2) is 0 Å². The van der Waals surface area contributed by atoms with Crippen molar-refractivity contribution in [3.05, 3.63) is 0 Å².